The first-order valence-corrected chi connectivity index (χ1v) is 8.74. The van der Waals surface area contributed by atoms with Crippen molar-refractivity contribution in [2.24, 2.45) is 0 Å². The Hall–Kier alpha value is -3.02. The highest BCUT2D eigenvalue weighted by Gasteiger charge is 2.41. The number of amides is 2. The lowest BCUT2D eigenvalue weighted by atomic mass is 9.92. The maximum atomic E-state index is 12.9. The van der Waals surface area contributed by atoms with E-state index in [1.165, 1.54) is 0 Å². The molecule has 2 heterocycles. The highest BCUT2D eigenvalue weighted by atomic mass is 16.5. The Morgan fingerprint density at radius 1 is 1.04 bits per heavy atom. The summed E-state index contributed by atoms with van der Waals surface area (Å²) >= 11 is 0. The molecule has 0 unspecified atom stereocenters. The van der Waals surface area contributed by atoms with Crippen LogP contribution in [0.15, 0.2) is 48.5 Å². The second-order valence-corrected chi connectivity index (χ2v) is 6.70. The van der Waals surface area contributed by atoms with Crippen LogP contribution in [-0.4, -0.2) is 42.6 Å². The minimum Gasteiger partial charge on any atom is -0.496 e. The maximum absolute atomic E-state index is 12.9. The summed E-state index contributed by atoms with van der Waals surface area (Å²) in [5.74, 6) is 0.472. The molecule has 2 amide bonds. The average molecular weight is 351 g/mol. The number of piperidine rings is 1. The molecule has 4 rings (SSSR count). The lowest BCUT2D eigenvalue weighted by Crippen LogP contribution is -2.62. The Morgan fingerprint density at radius 3 is 2.50 bits per heavy atom. The van der Waals surface area contributed by atoms with E-state index < -0.39 is 5.66 Å². The number of nitrogens with one attached hydrogen (secondary N) is 2. The Kier molecular flexibility index (Phi) is 4.03. The van der Waals surface area contributed by atoms with Crippen molar-refractivity contribution in [3.63, 3.8) is 0 Å². The Balaban J connectivity index is 1.50. The van der Waals surface area contributed by atoms with Gasteiger partial charge in [-0.25, -0.2) is 0 Å². The maximum Gasteiger partial charge on any atom is 0.257 e. The fourth-order valence-electron chi connectivity index (χ4n) is 3.70. The van der Waals surface area contributed by atoms with Crippen LogP contribution >= 0.6 is 0 Å². The van der Waals surface area contributed by atoms with Gasteiger partial charge in [0.2, 0.25) is 0 Å². The summed E-state index contributed by atoms with van der Waals surface area (Å²) in [5.41, 5.74) is 1.58. The van der Waals surface area contributed by atoms with Crippen LogP contribution in [-0.2, 0) is 0 Å². The summed E-state index contributed by atoms with van der Waals surface area (Å²) in [4.78, 5) is 27.1. The molecule has 0 bridgehead atoms. The van der Waals surface area contributed by atoms with E-state index in [1.807, 2.05) is 41.3 Å². The number of hydrogen-bond acceptors (Lipinski definition) is 4. The van der Waals surface area contributed by atoms with Gasteiger partial charge in [0.1, 0.15) is 11.4 Å². The summed E-state index contributed by atoms with van der Waals surface area (Å²) in [6.07, 6.45) is 1.29. The minimum absolute atomic E-state index is 0.0418. The second kappa shape index (κ2) is 6.37. The molecule has 1 saturated heterocycles. The van der Waals surface area contributed by atoms with Gasteiger partial charge < -0.3 is 20.3 Å². The number of hydrogen-bond donors (Lipinski definition) is 2. The van der Waals surface area contributed by atoms with Gasteiger partial charge >= 0.3 is 0 Å². The number of carbonyl (C=O) groups excluding carboxylic acids is 2. The third-order valence-electron chi connectivity index (χ3n) is 5.14. The molecule has 26 heavy (non-hydrogen) atoms. The van der Waals surface area contributed by atoms with Gasteiger partial charge in [-0.05, 0) is 24.3 Å². The van der Waals surface area contributed by atoms with Gasteiger partial charge in [0.05, 0.1) is 18.2 Å². The van der Waals surface area contributed by atoms with Crippen LogP contribution in [0.5, 0.6) is 5.75 Å². The highest BCUT2D eigenvalue weighted by Crippen LogP contribution is 2.32. The van der Waals surface area contributed by atoms with E-state index in [0.717, 1.165) is 5.69 Å². The first-order chi connectivity index (χ1) is 12.6. The standard InChI is InChI=1S/C20H21N3O3/c1-26-17-9-5-3-7-15(17)19(25)23-12-10-20(11-13-23)21-16-8-4-2-6-14(16)18(24)22-20/h2-9,21H,10-13H2,1H3,(H,22,24). The van der Waals surface area contributed by atoms with Crippen LogP contribution in [0.3, 0.4) is 0 Å². The molecule has 2 N–H and O–H groups in total. The zero-order valence-corrected chi connectivity index (χ0v) is 14.6. The number of ether oxygens (including phenoxy) is 1. The Bertz CT molecular complexity index is 857. The van der Waals surface area contributed by atoms with Gasteiger partial charge in [-0.1, -0.05) is 24.3 Å². The predicted molar refractivity (Wildman–Crippen MR) is 98.4 cm³/mol. The molecule has 134 valence electrons. The summed E-state index contributed by atoms with van der Waals surface area (Å²) in [5, 5.41) is 6.57. The molecular weight excluding hydrogens is 330 g/mol. The van der Waals surface area contributed by atoms with Crippen LogP contribution in [0, 0.1) is 0 Å². The minimum atomic E-state index is -0.497. The topological polar surface area (TPSA) is 70.7 Å². The van der Waals surface area contributed by atoms with Crippen LogP contribution in [0.2, 0.25) is 0 Å². The predicted octanol–water partition coefficient (Wildman–Crippen LogP) is 2.48. The van der Waals surface area contributed by atoms with Crippen molar-refractivity contribution in [3.05, 3.63) is 59.7 Å². The quantitative estimate of drug-likeness (QED) is 0.872. The monoisotopic (exact) mass is 351 g/mol. The van der Waals surface area contributed by atoms with Gasteiger partial charge in [-0.3, -0.25) is 9.59 Å². The van der Waals surface area contributed by atoms with E-state index in [2.05, 4.69) is 10.6 Å². The zero-order chi connectivity index (χ0) is 18.1. The van der Waals surface area contributed by atoms with Crippen LogP contribution in [0.25, 0.3) is 0 Å². The van der Waals surface area contributed by atoms with E-state index in [0.29, 0.717) is 42.8 Å². The fourth-order valence-corrected chi connectivity index (χ4v) is 3.70. The number of fused-ring (bicyclic) bond motifs is 1. The number of anilines is 1. The highest BCUT2D eigenvalue weighted by molar-refractivity contribution is 6.02. The molecule has 1 spiro atoms. The molecule has 6 nitrogen and oxygen atoms in total. The number of carbonyl (C=O) groups is 2. The van der Waals surface area contributed by atoms with E-state index in [1.54, 1.807) is 19.2 Å². The SMILES string of the molecule is COc1ccccc1C(=O)N1CCC2(CC1)NC(=O)c1ccccc1N2. The van der Waals surface area contributed by atoms with Gasteiger partial charge in [0, 0.05) is 31.6 Å². The summed E-state index contributed by atoms with van der Waals surface area (Å²) in [6, 6.07) is 14.7. The van der Waals surface area contributed by atoms with Crippen molar-refractivity contribution >= 4 is 17.5 Å². The molecule has 1 fully saturated rings. The van der Waals surface area contributed by atoms with E-state index in [-0.39, 0.29) is 11.8 Å². The molecule has 2 aromatic rings. The van der Waals surface area contributed by atoms with Crippen LogP contribution in [0.4, 0.5) is 5.69 Å². The van der Waals surface area contributed by atoms with Gasteiger partial charge in [-0.2, -0.15) is 0 Å². The molecule has 0 aromatic heterocycles. The third kappa shape index (κ3) is 2.77. The molecule has 0 saturated carbocycles. The first-order valence-electron chi connectivity index (χ1n) is 8.74. The Labute approximate surface area is 152 Å². The van der Waals surface area contributed by atoms with Crippen LogP contribution in [0.1, 0.15) is 33.6 Å². The van der Waals surface area contributed by atoms with E-state index >= 15 is 0 Å². The third-order valence-corrected chi connectivity index (χ3v) is 5.14. The van der Waals surface area contributed by atoms with Crippen molar-refractivity contribution < 1.29 is 14.3 Å². The number of benzene rings is 2. The number of rotatable bonds is 2. The van der Waals surface area contributed by atoms with Crippen LogP contribution < -0.4 is 15.4 Å². The van der Waals surface area contributed by atoms with Crippen molar-refractivity contribution in [2.45, 2.75) is 18.5 Å². The fraction of sp³-hybridized carbons (Fsp3) is 0.300. The zero-order valence-electron chi connectivity index (χ0n) is 14.6. The van der Waals surface area contributed by atoms with Crippen molar-refractivity contribution in [3.8, 4) is 5.75 Å². The number of likely N-dealkylation sites (tertiary alicyclic amines) is 1. The van der Waals surface area contributed by atoms with Gasteiger partial charge in [-0.15, -0.1) is 0 Å². The van der Waals surface area contributed by atoms with Gasteiger partial charge in [0.25, 0.3) is 11.8 Å². The molecule has 0 aliphatic carbocycles. The van der Waals surface area contributed by atoms with Gasteiger partial charge in [0.15, 0.2) is 0 Å². The normalized spacial score (nSPS) is 17.9. The molecule has 2 aromatic carbocycles. The van der Waals surface area contributed by atoms with Crippen molar-refractivity contribution in [1.29, 1.82) is 0 Å². The largest absolute Gasteiger partial charge is 0.496 e. The average Bonchev–Trinajstić information content (AvgIpc) is 2.68. The molecule has 6 heteroatoms. The smallest absolute Gasteiger partial charge is 0.257 e. The molecular formula is C20H21N3O3. The summed E-state index contributed by atoms with van der Waals surface area (Å²) < 4.78 is 5.30. The molecule has 0 radical (unpaired) electrons. The molecule has 2 aliphatic rings. The van der Waals surface area contributed by atoms with E-state index in [4.69, 9.17) is 4.74 Å². The first kappa shape index (κ1) is 16.4. The summed E-state index contributed by atoms with van der Waals surface area (Å²) in [6.45, 7) is 1.12. The lowest BCUT2D eigenvalue weighted by Gasteiger charge is -2.45. The lowest BCUT2D eigenvalue weighted by molar-refractivity contribution is 0.0637. The number of nitrogens with zero attached hydrogens (tertiary/aromatic N) is 1. The molecule has 2 aliphatic heterocycles. The second-order valence-electron chi connectivity index (χ2n) is 6.70. The van der Waals surface area contributed by atoms with E-state index in [9.17, 15) is 9.59 Å². The Morgan fingerprint density at radius 2 is 1.73 bits per heavy atom. The van der Waals surface area contributed by atoms with Crippen molar-refractivity contribution in [1.82, 2.24) is 10.2 Å². The summed E-state index contributed by atoms with van der Waals surface area (Å²) in [7, 11) is 1.57. The van der Waals surface area contributed by atoms with Crippen molar-refractivity contribution in [2.75, 3.05) is 25.5 Å². The number of para-hydroxylation sites is 2. The number of methoxy groups -OCH3 is 1. The molecule has 0 atom stereocenters.